The Morgan fingerprint density at radius 2 is 1.50 bits per heavy atom. The Kier molecular flexibility index (Phi) is 2.66. The van der Waals surface area contributed by atoms with E-state index in [-0.39, 0.29) is 23.0 Å². The normalized spacial score (nSPS) is 12.7. The van der Waals surface area contributed by atoms with Gasteiger partial charge in [-0.15, -0.1) is 0 Å². The number of nitrogens with zero attached hydrogens (tertiary/aromatic N) is 3. The molecule has 2 heterocycles. The Morgan fingerprint density at radius 3 is 2.18 bits per heavy atom. The van der Waals surface area contributed by atoms with Gasteiger partial charge in [-0.1, -0.05) is 24.3 Å². The van der Waals surface area contributed by atoms with Crippen molar-refractivity contribution in [3.05, 3.63) is 77.5 Å². The summed E-state index contributed by atoms with van der Waals surface area (Å²) in [6, 6.07) is 10.3. The van der Waals surface area contributed by atoms with Crippen molar-refractivity contribution in [3.63, 3.8) is 0 Å². The number of hydrogen-bond acceptors (Lipinski definition) is 5. The molecule has 0 saturated carbocycles. The van der Waals surface area contributed by atoms with Gasteiger partial charge < -0.3 is 0 Å². The maximum atomic E-state index is 12.6. The molecule has 0 aliphatic heterocycles. The largest absolute Gasteiger partial charge is 0.287 e. The Morgan fingerprint density at radius 1 is 0.773 bits per heavy atom. The van der Waals surface area contributed by atoms with E-state index in [4.69, 9.17) is 0 Å². The molecule has 0 atom stereocenters. The van der Waals surface area contributed by atoms with Gasteiger partial charge in [0.25, 0.3) is 0 Å². The van der Waals surface area contributed by atoms with Crippen LogP contribution in [-0.2, 0) is 0 Å². The highest BCUT2D eigenvalue weighted by Crippen LogP contribution is 2.26. The molecule has 5 nitrogen and oxygen atoms in total. The smallest absolute Gasteiger partial charge is 0.214 e. The summed E-state index contributed by atoms with van der Waals surface area (Å²) in [7, 11) is 0. The van der Waals surface area contributed by atoms with Crippen LogP contribution in [0.4, 0.5) is 0 Å². The molecule has 0 spiro atoms. The second kappa shape index (κ2) is 4.66. The van der Waals surface area contributed by atoms with Crippen molar-refractivity contribution in [1.29, 1.82) is 0 Å². The summed E-state index contributed by atoms with van der Waals surface area (Å²) >= 11 is 0. The van der Waals surface area contributed by atoms with E-state index in [0.717, 1.165) is 5.56 Å². The van der Waals surface area contributed by atoms with E-state index in [1.807, 2.05) is 6.07 Å². The van der Waals surface area contributed by atoms with Crippen LogP contribution in [0.15, 0.2) is 55.0 Å². The molecule has 0 amide bonds. The van der Waals surface area contributed by atoms with Gasteiger partial charge in [0, 0.05) is 29.1 Å². The van der Waals surface area contributed by atoms with Crippen molar-refractivity contribution < 1.29 is 9.59 Å². The molecule has 4 rings (SSSR count). The Bertz CT molecular complexity index is 920. The first-order chi connectivity index (χ1) is 10.8. The van der Waals surface area contributed by atoms with Gasteiger partial charge in [0.05, 0.1) is 11.9 Å². The van der Waals surface area contributed by atoms with Crippen LogP contribution in [0.1, 0.15) is 32.1 Å². The first-order valence-corrected chi connectivity index (χ1v) is 6.71. The molecular formula is C17H9N3O2. The van der Waals surface area contributed by atoms with Crippen molar-refractivity contribution in [3.8, 4) is 11.3 Å². The molecule has 0 N–H and O–H groups in total. The van der Waals surface area contributed by atoms with Crippen LogP contribution in [0.2, 0.25) is 0 Å². The topological polar surface area (TPSA) is 72.8 Å². The molecular weight excluding hydrogens is 278 g/mol. The van der Waals surface area contributed by atoms with Crippen LogP contribution in [0.25, 0.3) is 11.3 Å². The quantitative estimate of drug-likeness (QED) is 0.537. The molecule has 0 fully saturated rings. The van der Waals surface area contributed by atoms with Gasteiger partial charge in [-0.25, -0.2) is 9.97 Å². The number of fused-ring (bicyclic) bond motifs is 2. The van der Waals surface area contributed by atoms with E-state index in [0.29, 0.717) is 16.8 Å². The van der Waals surface area contributed by atoms with Gasteiger partial charge >= 0.3 is 0 Å². The Labute approximate surface area is 125 Å². The van der Waals surface area contributed by atoms with Crippen LogP contribution in [0, 0.1) is 0 Å². The highest BCUT2D eigenvalue weighted by atomic mass is 16.1. The average molecular weight is 287 g/mol. The first-order valence-electron chi connectivity index (χ1n) is 6.71. The van der Waals surface area contributed by atoms with Crippen LogP contribution in [0.5, 0.6) is 0 Å². The molecule has 1 aliphatic rings. The average Bonchev–Trinajstić information content (AvgIpc) is 2.60. The highest BCUT2D eigenvalue weighted by molar-refractivity contribution is 6.26. The van der Waals surface area contributed by atoms with Gasteiger partial charge in [-0.2, -0.15) is 0 Å². The first kappa shape index (κ1) is 12.5. The number of rotatable bonds is 1. The van der Waals surface area contributed by atoms with Crippen LogP contribution >= 0.6 is 0 Å². The van der Waals surface area contributed by atoms with Crippen molar-refractivity contribution in [2.24, 2.45) is 0 Å². The molecule has 3 aromatic rings. The monoisotopic (exact) mass is 287 g/mol. The number of carbonyl (C=O) groups excluding carboxylic acids is 2. The van der Waals surface area contributed by atoms with E-state index in [2.05, 4.69) is 15.0 Å². The van der Waals surface area contributed by atoms with E-state index in [1.54, 1.807) is 42.7 Å². The Balaban J connectivity index is 1.91. The third kappa shape index (κ3) is 1.76. The summed E-state index contributed by atoms with van der Waals surface area (Å²) in [5, 5.41) is 0. The standard InChI is InChI=1S/C17H9N3O2/c21-16-11-5-1-2-6-12(11)17(22)15-14(16)19-9-13(20-15)10-4-3-7-18-8-10/h1-9H. The van der Waals surface area contributed by atoms with Gasteiger partial charge in [0.15, 0.2) is 0 Å². The molecule has 2 aromatic heterocycles. The maximum absolute atomic E-state index is 12.6. The summed E-state index contributed by atoms with van der Waals surface area (Å²) in [6.45, 7) is 0. The number of pyridine rings is 1. The summed E-state index contributed by atoms with van der Waals surface area (Å²) < 4.78 is 0. The molecule has 1 aliphatic carbocycles. The lowest BCUT2D eigenvalue weighted by Gasteiger charge is -2.16. The number of benzene rings is 1. The number of carbonyl (C=O) groups is 2. The third-order valence-electron chi connectivity index (χ3n) is 3.58. The molecule has 22 heavy (non-hydrogen) atoms. The number of hydrogen-bond donors (Lipinski definition) is 0. The van der Waals surface area contributed by atoms with E-state index >= 15 is 0 Å². The van der Waals surface area contributed by atoms with Crippen LogP contribution < -0.4 is 0 Å². The van der Waals surface area contributed by atoms with Crippen molar-refractivity contribution in [2.45, 2.75) is 0 Å². The van der Waals surface area contributed by atoms with Crippen molar-refractivity contribution in [2.75, 3.05) is 0 Å². The van der Waals surface area contributed by atoms with Crippen molar-refractivity contribution >= 4 is 11.6 Å². The van der Waals surface area contributed by atoms with Gasteiger partial charge in [-0.05, 0) is 12.1 Å². The van der Waals surface area contributed by atoms with E-state index in [9.17, 15) is 9.59 Å². The van der Waals surface area contributed by atoms with Gasteiger partial charge in [0.2, 0.25) is 11.6 Å². The maximum Gasteiger partial charge on any atom is 0.214 e. The summed E-state index contributed by atoms with van der Waals surface area (Å²) in [5.41, 5.74) is 2.23. The molecule has 0 unspecified atom stereocenters. The minimum absolute atomic E-state index is 0.102. The second-order valence-corrected chi connectivity index (χ2v) is 4.90. The van der Waals surface area contributed by atoms with E-state index < -0.39 is 0 Å². The number of aromatic nitrogens is 3. The van der Waals surface area contributed by atoms with E-state index in [1.165, 1.54) is 6.20 Å². The molecule has 0 saturated heterocycles. The minimum atomic E-state index is -0.275. The molecule has 1 aromatic carbocycles. The highest BCUT2D eigenvalue weighted by Gasteiger charge is 2.32. The fourth-order valence-electron chi connectivity index (χ4n) is 2.50. The van der Waals surface area contributed by atoms with Crippen LogP contribution in [-0.4, -0.2) is 26.5 Å². The van der Waals surface area contributed by atoms with Gasteiger partial charge in [0.1, 0.15) is 11.4 Å². The summed E-state index contributed by atoms with van der Waals surface area (Å²) in [6.07, 6.45) is 4.79. The van der Waals surface area contributed by atoms with Gasteiger partial charge in [-0.3, -0.25) is 14.6 Å². The lowest BCUT2D eigenvalue weighted by atomic mass is 9.89. The SMILES string of the molecule is O=C1c2ccccc2C(=O)c2nc(-c3cccnc3)cnc21. The predicted molar refractivity (Wildman–Crippen MR) is 78.6 cm³/mol. The minimum Gasteiger partial charge on any atom is -0.287 e. The third-order valence-corrected chi connectivity index (χ3v) is 3.58. The predicted octanol–water partition coefficient (Wildman–Crippen LogP) is 2.31. The zero-order valence-electron chi connectivity index (χ0n) is 11.4. The zero-order valence-corrected chi connectivity index (χ0v) is 11.4. The second-order valence-electron chi connectivity index (χ2n) is 4.90. The molecule has 104 valence electrons. The zero-order chi connectivity index (χ0) is 15.1. The van der Waals surface area contributed by atoms with Crippen LogP contribution in [0.3, 0.4) is 0 Å². The molecule has 0 radical (unpaired) electrons. The van der Waals surface area contributed by atoms with Crippen molar-refractivity contribution in [1.82, 2.24) is 15.0 Å². The number of ketones is 2. The molecule has 5 heteroatoms. The fraction of sp³-hybridized carbons (Fsp3) is 0. The lowest BCUT2D eigenvalue weighted by Crippen LogP contribution is -2.23. The Hall–Kier alpha value is -3.21. The summed E-state index contributed by atoms with van der Waals surface area (Å²) in [5.74, 6) is -0.543. The summed E-state index contributed by atoms with van der Waals surface area (Å²) in [4.78, 5) is 37.5. The molecule has 0 bridgehead atoms. The fourth-order valence-corrected chi connectivity index (χ4v) is 2.50. The lowest BCUT2D eigenvalue weighted by molar-refractivity contribution is 0.0971.